The first-order valence-electron chi connectivity index (χ1n) is 6.51. The van der Waals surface area contributed by atoms with Crippen molar-refractivity contribution in [2.45, 2.75) is 6.92 Å². The van der Waals surface area contributed by atoms with Crippen molar-refractivity contribution in [1.29, 1.82) is 0 Å². The summed E-state index contributed by atoms with van der Waals surface area (Å²) in [5.41, 5.74) is 2.31. The monoisotopic (exact) mass is 277 g/mol. The van der Waals surface area contributed by atoms with Crippen LogP contribution in [0.5, 0.6) is 0 Å². The smallest absolute Gasteiger partial charge is 0.203 e. The average Bonchev–Trinajstić information content (AvgIpc) is 3.20. The van der Waals surface area contributed by atoms with Crippen molar-refractivity contribution in [1.82, 2.24) is 24.8 Å². The van der Waals surface area contributed by atoms with Crippen LogP contribution in [0.1, 0.15) is 11.5 Å². The zero-order valence-corrected chi connectivity index (χ0v) is 11.3. The van der Waals surface area contributed by atoms with Crippen molar-refractivity contribution < 1.29 is 4.42 Å². The fraction of sp³-hybridized carbons (Fsp3) is 0.0667. The molecule has 0 fully saturated rings. The molecule has 21 heavy (non-hydrogen) atoms. The van der Waals surface area contributed by atoms with Gasteiger partial charge in [0.15, 0.2) is 5.65 Å². The number of hydrogen-bond donors (Lipinski definition) is 0. The topological polar surface area (TPSA) is 69.1 Å². The maximum atomic E-state index is 5.35. The van der Waals surface area contributed by atoms with E-state index in [0.29, 0.717) is 11.5 Å². The Morgan fingerprint density at radius 3 is 2.86 bits per heavy atom. The molecule has 0 amide bonds. The predicted octanol–water partition coefficient (Wildman–Crippen LogP) is 1.64. The molecule has 6 nitrogen and oxygen atoms in total. The van der Waals surface area contributed by atoms with E-state index in [1.54, 1.807) is 17.0 Å². The van der Waals surface area contributed by atoms with Gasteiger partial charge in [0.1, 0.15) is 11.5 Å². The van der Waals surface area contributed by atoms with Crippen molar-refractivity contribution in [3.05, 3.63) is 59.5 Å². The third-order valence-electron chi connectivity index (χ3n) is 3.25. The molecule has 6 heteroatoms. The highest BCUT2D eigenvalue weighted by Gasteiger charge is 2.14. The Balaban J connectivity index is 1.96. The number of pyridine rings is 1. The highest BCUT2D eigenvalue weighted by molar-refractivity contribution is 5.59. The summed E-state index contributed by atoms with van der Waals surface area (Å²) >= 11 is 0. The van der Waals surface area contributed by atoms with Crippen molar-refractivity contribution in [2.75, 3.05) is 0 Å². The van der Waals surface area contributed by atoms with Gasteiger partial charge < -0.3 is 4.42 Å². The summed E-state index contributed by atoms with van der Waals surface area (Å²) in [4.78, 5) is 4.29. The standard InChI is InChI=1S/C15H11N5O/c1-10-12(9-11-5-4-8-21-11)14-17-18-15(20(14)19-10)13-6-2-3-7-16-13/h2-9H,1H3/b12-9+. The molecule has 0 aliphatic carbocycles. The number of rotatable bonds is 2. The number of fused-ring (bicyclic) bond motifs is 1. The number of nitrogens with zero attached hydrogens (tertiary/aromatic N) is 5. The van der Waals surface area contributed by atoms with Crippen molar-refractivity contribution in [3.8, 4) is 11.5 Å². The molecule has 0 aromatic carbocycles. The Labute approximate surface area is 119 Å². The second-order valence-electron chi connectivity index (χ2n) is 4.63. The van der Waals surface area contributed by atoms with Crippen LogP contribution in [0.3, 0.4) is 0 Å². The third kappa shape index (κ3) is 1.88. The van der Waals surface area contributed by atoms with Crippen molar-refractivity contribution in [2.24, 2.45) is 0 Å². The first kappa shape index (κ1) is 11.8. The molecule has 0 spiro atoms. The summed E-state index contributed by atoms with van der Waals surface area (Å²) in [5.74, 6) is 1.39. The first-order valence-corrected chi connectivity index (χ1v) is 6.51. The number of aromatic nitrogens is 5. The summed E-state index contributed by atoms with van der Waals surface area (Å²) in [5, 5.41) is 13.8. The minimum absolute atomic E-state index is 0.632. The van der Waals surface area contributed by atoms with E-state index in [2.05, 4.69) is 20.3 Å². The SMILES string of the molecule is Cc1nn2c(-c3ccccn3)nnc2/c1=C/c1ccco1. The zero-order chi connectivity index (χ0) is 14.2. The van der Waals surface area contributed by atoms with E-state index in [9.17, 15) is 0 Å². The summed E-state index contributed by atoms with van der Waals surface area (Å²) in [6.45, 7) is 1.94. The summed E-state index contributed by atoms with van der Waals surface area (Å²) < 4.78 is 7.06. The molecular weight excluding hydrogens is 266 g/mol. The van der Waals surface area contributed by atoms with E-state index in [1.807, 2.05) is 43.3 Å². The van der Waals surface area contributed by atoms with E-state index >= 15 is 0 Å². The molecule has 0 unspecified atom stereocenters. The van der Waals surface area contributed by atoms with E-state index in [-0.39, 0.29) is 0 Å². The summed E-state index contributed by atoms with van der Waals surface area (Å²) in [7, 11) is 0. The van der Waals surface area contributed by atoms with E-state index in [1.165, 1.54) is 0 Å². The molecule has 0 bridgehead atoms. The van der Waals surface area contributed by atoms with Gasteiger partial charge in [0.25, 0.3) is 0 Å². The van der Waals surface area contributed by atoms with Gasteiger partial charge in [-0.05, 0) is 37.3 Å². The van der Waals surface area contributed by atoms with Gasteiger partial charge in [-0.25, -0.2) is 0 Å². The van der Waals surface area contributed by atoms with E-state index < -0.39 is 0 Å². The Morgan fingerprint density at radius 1 is 1.14 bits per heavy atom. The lowest BCUT2D eigenvalue weighted by Crippen LogP contribution is -2.03. The fourth-order valence-corrected chi connectivity index (χ4v) is 2.25. The lowest BCUT2D eigenvalue weighted by Gasteiger charge is -1.93. The number of furan rings is 1. The van der Waals surface area contributed by atoms with E-state index in [4.69, 9.17) is 4.42 Å². The molecule has 0 aliphatic rings. The molecule has 4 aromatic heterocycles. The van der Waals surface area contributed by atoms with Gasteiger partial charge in [-0.3, -0.25) is 4.98 Å². The summed E-state index contributed by atoms with van der Waals surface area (Å²) in [6.07, 6.45) is 5.27. The van der Waals surface area contributed by atoms with Gasteiger partial charge in [-0.15, -0.1) is 10.2 Å². The van der Waals surface area contributed by atoms with Crippen LogP contribution in [0, 0.1) is 6.92 Å². The fourth-order valence-electron chi connectivity index (χ4n) is 2.25. The van der Waals surface area contributed by atoms with Gasteiger partial charge in [0.05, 0.1) is 12.0 Å². The summed E-state index contributed by atoms with van der Waals surface area (Å²) in [6, 6.07) is 9.39. The Kier molecular flexibility index (Phi) is 2.53. The molecule has 0 N–H and O–H groups in total. The molecule has 4 heterocycles. The molecular formula is C15H11N5O. The maximum Gasteiger partial charge on any atom is 0.203 e. The molecule has 102 valence electrons. The van der Waals surface area contributed by atoms with Gasteiger partial charge in [0.2, 0.25) is 5.82 Å². The molecule has 4 aromatic rings. The van der Waals surface area contributed by atoms with E-state index in [0.717, 1.165) is 22.4 Å². The third-order valence-corrected chi connectivity index (χ3v) is 3.25. The molecule has 0 aliphatic heterocycles. The second kappa shape index (κ2) is 4.52. The Bertz CT molecular complexity index is 941. The van der Waals surface area contributed by atoms with Crippen LogP contribution in [-0.2, 0) is 0 Å². The lowest BCUT2D eigenvalue weighted by molar-refractivity contribution is 0.556. The normalized spacial score (nSPS) is 12.3. The van der Waals surface area contributed by atoms with Crippen molar-refractivity contribution >= 4 is 11.7 Å². The molecule has 0 radical (unpaired) electrons. The van der Waals surface area contributed by atoms with Crippen LogP contribution < -0.4 is 5.22 Å². The minimum atomic E-state index is 0.632. The second-order valence-corrected chi connectivity index (χ2v) is 4.63. The minimum Gasteiger partial charge on any atom is -0.465 e. The predicted molar refractivity (Wildman–Crippen MR) is 76.2 cm³/mol. The van der Waals surface area contributed by atoms with Gasteiger partial charge in [-0.2, -0.15) is 9.61 Å². The average molecular weight is 277 g/mol. The van der Waals surface area contributed by atoms with Gasteiger partial charge >= 0.3 is 0 Å². The largest absolute Gasteiger partial charge is 0.465 e. The highest BCUT2D eigenvalue weighted by atomic mass is 16.3. The lowest BCUT2D eigenvalue weighted by atomic mass is 10.3. The number of hydrogen-bond acceptors (Lipinski definition) is 5. The molecule has 0 atom stereocenters. The molecule has 0 saturated heterocycles. The maximum absolute atomic E-state index is 5.35. The van der Waals surface area contributed by atoms with Crippen LogP contribution in [0.15, 0.2) is 47.2 Å². The van der Waals surface area contributed by atoms with Crippen LogP contribution in [0.2, 0.25) is 0 Å². The van der Waals surface area contributed by atoms with Crippen molar-refractivity contribution in [3.63, 3.8) is 0 Å². The first-order chi connectivity index (χ1) is 10.3. The van der Waals surface area contributed by atoms with Gasteiger partial charge in [-0.1, -0.05) is 6.07 Å². The van der Waals surface area contributed by atoms with Gasteiger partial charge in [0, 0.05) is 11.4 Å². The number of aryl methyl sites for hydroxylation is 1. The quantitative estimate of drug-likeness (QED) is 0.557. The molecule has 4 rings (SSSR count). The van der Waals surface area contributed by atoms with Crippen LogP contribution in [0.4, 0.5) is 0 Å². The van der Waals surface area contributed by atoms with Crippen LogP contribution in [-0.4, -0.2) is 24.8 Å². The Morgan fingerprint density at radius 2 is 2.10 bits per heavy atom. The zero-order valence-electron chi connectivity index (χ0n) is 11.3. The Hall–Kier alpha value is -3.02. The van der Waals surface area contributed by atoms with Crippen LogP contribution in [0.25, 0.3) is 23.2 Å². The molecule has 0 saturated carbocycles. The van der Waals surface area contributed by atoms with Crippen LogP contribution >= 0.6 is 0 Å². The highest BCUT2D eigenvalue weighted by Crippen LogP contribution is 2.13.